The van der Waals surface area contributed by atoms with Crippen molar-refractivity contribution >= 4 is 40.2 Å². The molecule has 2 saturated heterocycles. The number of carbonyl (C=O) groups is 1. The minimum Gasteiger partial charge on any atom is -0.362 e. The first-order valence-electron chi connectivity index (χ1n) is 11.8. The Hall–Kier alpha value is -3.23. The lowest BCUT2D eigenvalue weighted by Gasteiger charge is -2.33. The second-order valence-electron chi connectivity index (χ2n) is 9.28. The molecule has 10 nitrogen and oxygen atoms in total. The van der Waals surface area contributed by atoms with Crippen molar-refractivity contribution in [1.29, 1.82) is 0 Å². The summed E-state index contributed by atoms with van der Waals surface area (Å²) in [5.74, 6) is 4.24. The third kappa shape index (κ3) is 5.39. The average molecular weight is 496 g/mol. The van der Waals surface area contributed by atoms with Crippen molar-refractivity contribution in [3.05, 3.63) is 30.1 Å². The number of rotatable bonds is 6. The zero-order valence-corrected chi connectivity index (χ0v) is 20.5. The number of hydrogen-bond donors (Lipinski definition) is 2. The highest BCUT2D eigenvalue weighted by molar-refractivity contribution is 7.85. The predicted octanol–water partition coefficient (Wildman–Crippen LogP) is 2.05. The molecule has 0 aromatic carbocycles. The first-order valence-corrected chi connectivity index (χ1v) is 13.3. The Morgan fingerprint density at radius 2 is 1.97 bits per heavy atom. The third-order valence-corrected chi connectivity index (χ3v) is 7.35. The second-order valence-corrected chi connectivity index (χ2v) is 10.4. The van der Waals surface area contributed by atoms with Gasteiger partial charge in [-0.25, -0.2) is 19.2 Å². The van der Waals surface area contributed by atoms with Gasteiger partial charge >= 0.3 is 0 Å². The van der Waals surface area contributed by atoms with Crippen LogP contribution < -0.4 is 19.8 Å². The van der Waals surface area contributed by atoms with Crippen molar-refractivity contribution in [3.63, 3.8) is 0 Å². The van der Waals surface area contributed by atoms with Crippen molar-refractivity contribution in [3.8, 4) is 12.3 Å². The van der Waals surface area contributed by atoms with Crippen LogP contribution in [0.4, 0.5) is 23.3 Å². The number of aromatic nitrogens is 3. The van der Waals surface area contributed by atoms with E-state index in [1.54, 1.807) is 6.07 Å². The highest BCUT2D eigenvalue weighted by Crippen LogP contribution is 2.53. The van der Waals surface area contributed by atoms with E-state index in [-0.39, 0.29) is 11.8 Å². The maximum absolute atomic E-state index is 13.3. The number of terminal acetylenes is 1. The number of ether oxygens (including phenoxy) is 1. The fraction of sp³-hybridized carbons (Fsp3) is 0.500. The third-order valence-electron chi connectivity index (χ3n) is 6.85. The summed E-state index contributed by atoms with van der Waals surface area (Å²) < 4.78 is 20.0. The molecule has 11 heteroatoms. The van der Waals surface area contributed by atoms with E-state index in [4.69, 9.17) is 11.2 Å². The number of nitrogens with one attached hydrogen (secondary N) is 2. The summed E-state index contributed by atoms with van der Waals surface area (Å²) >= 11 is 0. The first-order chi connectivity index (χ1) is 16.9. The Bertz CT molecular complexity index is 1170. The average Bonchev–Trinajstić information content (AvgIpc) is 3.63. The van der Waals surface area contributed by atoms with E-state index in [1.807, 2.05) is 17.0 Å². The predicted molar refractivity (Wildman–Crippen MR) is 136 cm³/mol. The summed E-state index contributed by atoms with van der Waals surface area (Å²) in [4.78, 5) is 31.1. The maximum atomic E-state index is 13.3. The summed E-state index contributed by atoms with van der Waals surface area (Å²) in [7, 11) is -1.30. The van der Waals surface area contributed by atoms with Crippen molar-refractivity contribution in [2.24, 2.45) is 5.41 Å². The molecule has 0 radical (unpaired) electrons. The molecule has 3 aliphatic rings. The molecule has 2 N–H and O–H groups in total. The van der Waals surface area contributed by atoms with E-state index in [9.17, 15) is 9.00 Å². The smallest absolute Gasteiger partial charge is 0.279 e. The van der Waals surface area contributed by atoms with Crippen molar-refractivity contribution in [2.45, 2.75) is 31.8 Å². The Morgan fingerprint density at radius 1 is 1.17 bits per heavy atom. The quantitative estimate of drug-likeness (QED) is 0.586. The van der Waals surface area contributed by atoms with Gasteiger partial charge in [0, 0.05) is 25.9 Å². The van der Waals surface area contributed by atoms with Crippen molar-refractivity contribution in [1.82, 2.24) is 15.0 Å². The molecule has 1 amide bonds. The number of anilines is 4. The molecule has 1 saturated carbocycles. The molecule has 2 atom stereocenters. The molecule has 0 bridgehead atoms. The Kier molecular flexibility index (Phi) is 6.58. The molecular weight excluding hydrogens is 466 g/mol. The van der Waals surface area contributed by atoms with Crippen LogP contribution in [0.5, 0.6) is 0 Å². The first kappa shape index (κ1) is 23.5. The van der Waals surface area contributed by atoms with Crippen LogP contribution in [0.1, 0.15) is 36.2 Å². The Labute approximate surface area is 207 Å². The molecule has 5 rings (SSSR count). The molecule has 4 heterocycles. The summed E-state index contributed by atoms with van der Waals surface area (Å²) in [5, 5.41) is 2.87. The van der Waals surface area contributed by atoms with E-state index >= 15 is 0 Å². The molecule has 3 fully saturated rings. The van der Waals surface area contributed by atoms with Crippen LogP contribution >= 0.6 is 0 Å². The van der Waals surface area contributed by atoms with Crippen LogP contribution in [0.25, 0.3) is 0 Å². The number of piperidine rings is 1. The van der Waals surface area contributed by atoms with E-state index in [2.05, 4.69) is 35.8 Å². The molecular formula is C24H29N7O3S. The normalized spacial score (nSPS) is 21.8. The zero-order valence-electron chi connectivity index (χ0n) is 19.7. The fourth-order valence-corrected chi connectivity index (χ4v) is 5.02. The number of amides is 1. The molecule has 2 aromatic heterocycles. The van der Waals surface area contributed by atoms with Crippen molar-refractivity contribution in [2.75, 3.05) is 58.9 Å². The zero-order chi connectivity index (χ0) is 24.4. The molecule has 35 heavy (non-hydrogen) atoms. The van der Waals surface area contributed by atoms with E-state index in [0.717, 1.165) is 25.9 Å². The van der Waals surface area contributed by atoms with Gasteiger partial charge in [-0.2, -0.15) is 0 Å². The minimum absolute atomic E-state index is 0.218. The number of morpholine rings is 1. The van der Waals surface area contributed by atoms with Crippen LogP contribution in [-0.4, -0.2) is 70.2 Å². The van der Waals surface area contributed by atoms with Crippen molar-refractivity contribution < 1.29 is 13.7 Å². The molecule has 2 aromatic rings. The largest absolute Gasteiger partial charge is 0.362 e. The van der Waals surface area contributed by atoms with Gasteiger partial charge in [-0.3, -0.25) is 9.52 Å². The summed E-state index contributed by atoms with van der Waals surface area (Å²) in [6.45, 7) is 3.36. The van der Waals surface area contributed by atoms with E-state index in [0.29, 0.717) is 48.4 Å². The Balaban J connectivity index is 1.36. The maximum Gasteiger partial charge on any atom is 0.279 e. The van der Waals surface area contributed by atoms with Gasteiger partial charge in [0.1, 0.15) is 28.7 Å². The van der Waals surface area contributed by atoms with Gasteiger partial charge in [-0.15, -0.1) is 6.42 Å². The van der Waals surface area contributed by atoms with Gasteiger partial charge in [0.15, 0.2) is 17.3 Å². The molecule has 1 aliphatic carbocycles. The topological polar surface area (TPSA) is 113 Å². The highest BCUT2D eigenvalue weighted by Gasteiger charge is 2.45. The van der Waals surface area contributed by atoms with Crippen LogP contribution in [0.15, 0.2) is 24.4 Å². The SMILES string of the molecule is C#C[C@@H]1CN(c2cccc(NC(=O)c3ncc(NS(C)=O)nc3N3CCC4(CC3)CC4)n2)CCO1. The van der Waals surface area contributed by atoms with Gasteiger partial charge in [0.2, 0.25) is 0 Å². The minimum atomic E-state index is -1.30. The van der Waals surface area contributed by atoms with Gasteiger partial charge in [0.25, 0.3) is 5.91 Å². The summed E-state index contributed by atoms with van der Waals surface area (Å²) in [5.41, 5.74) is 0.699. The molecule has 1 spiro atoms. The number of nitrogens with zero attached hydrogens (tertiary/aromatic N) is 5. The van der Waals surface area contributed by atoms with E-state index < -0.39 is 16.9 Å². The van der Waals surface area contributed by atoms with Gasteiger partial charge in [-0.05, 0) is 43.2 Å². The molecule has 2 aliphatic heterocycles. The van der Waals surface area contributed by atoms with Crippen LogP contribution in [-0.2, 0) is 15.7 Å². The van der Waals surface area contributed by atoms with Crippen LogP contribution in [0, 0.1) is 17.8 Å². The number of carbonyl (C=O) groups excluding carboxylic acids is 1. The van der Waals surface area contributed by atoms with Crippen LogP contribution in [0.3, 0.4) is 0 Å². The monoisotopic (exact) mass is 495 g/mol. The molecule has 1 unspecified atom stereocenters. The van der Waals surface area contributed by atoms with E-state index in [1.165, 1.54) is 25.3 Å². The van der Waals surface area contributed by atoms with Crippen LogP contribution in [0.2, 0.25) is 0 Å². The fourth-order valence-electron chi connectivity index (χ4n) is 4.63. The lowest BCUT2D eigenvalue weighted by atomic mass is 9.93. The number of pyridine rings is 1. The summed E-state index contributed by atoms with van der Waals surface area (Å²) in [6.07, 6.45) is 12.9. The standard InChI is InChI=1S/C24H29N7O3S/c1-3-17-16-31(13-14-34-17)20-6-4-5-18(26-20)28-23(32)21-22(27-19(15-25-21)29-35(2)33)30-11-9-24(7-8-24)10-12-30/h1,4-6,15,17H,7-14,16H2,2H3,(H,27,29)(H,26,28,32)/t17-,35?/m1/s1. The van der Waals surface area contributed by atoms with Gasteiger partial charge in [0.05, 0.1) is 19.3 Å². The lowest BCUT2D eigenvalue weighted by molar-refractivity contribution is 0.0776. The molecule has 184 valence electrons. The van der Waals surface area contributed by atoms with Gasteiger partial charge in [-0.1, -0.05) is 12.0 Å². The number of hydrogen-bond acceptors (Lipinski definition) is 8. The summed E-state index contributed by atoms with van der Waals surface area (Å²) in [6, 6.07) is 5.46. The van der Waals surface area contributed by atoms with Gasteiger partial charge < -0.3 is 19.9 Å². The second kappa shape index (κ2) is 9.79. The lowest BCUT2D eigenvalue weighted by Crippen LogP contribution is -2.42. The highest BCUT2D eigenvalue weighted by atomic mass is 32.2. The Morgan fingerprint density at radius 3 is 2.69 bits per heavy atom.